The second-order valence-corrected chi connectivity index (χ2v) is 5.13. The lowest BCUT2D eigenvalue weighted by Gasteiger charge is -2.01. The summed E-state index contributed by atoms with van der Waals surface area (Å²) in [5.41, 5.74) is 2.83. The van der Waals surface area contributed by atoms with Crippen molar-refractivity contribution in [3.8, 4) is 0 Å². The van der Waals surface area contributed by atoms with Crippen molar-refractivity contribution in [2.45, 2.75) is 39.5 Å². The molecule has 0 atom stereocenters. The number of rotatable bonds is 2. The van der Waals surface area contributed by atoms with Gasteiger partial charge in [0.1, 0.15) is 0 Å². The first-order chi connectivity index (χ1) is 9.61. The van der Waals surface area contributed by atoms with E-state index >= 15 is 0 Å². The van der Waals surface area contributed by atoms with Crippen LogP contribution in [0.5, 0.6) is 0 Å². The van der Waals surface area contributed by atoms with Crippen molar-refractivity contribution in [1.29, 1.82) is 0 Å². The molecule has 0 radical (unpaired) electrons. The molecule has 0 amide bonds. The zero-order valence-corrected chi connectivity index (χ0v) is 12.8. The van der Waals surface area contributed by atoms with E-state index in [0.29, 0.717) is 11.8 Å². The largest absolute Gasteiger partial charge is 0.255 e. The molecule has 0 aliphatic rings. The molecule has 0 unspecified atom stereocenters. The molecule has 0 fully saturated rings. The van der Waals surface area contributed by atoms with E-state index in [1.165, 1.54) is 11.1 Å². The highest BCUT2D eigenvalue weighted by Gasteiger charge is 1.94. The number of benzene rings is 2. The summed E-state index contributed by atoms with van der Waals surface area (Å²) in [6, 6.07) is 21.0. The molecule has 2 heteroatoms. The second kappa shape index (κ2) is 11.2. The molecule has 2 rings (SSSR count). The molecule has 0 aliphatic carbocycles. The molecule has 0 bridgehead atoms. The third-order valence-electron chi connectivity index (χ3n) is 2.93. The van der Waals surface area contributed by atoms with E-state index in [1.54, 1.807) is 0 Å². The predicted molar refractivity (Wildman–Crippen MR) is 86.3 cm³/mol. The van der Waals surface area contributed by atoms with Gasteiger partial charge in [0, 0.05) is 0 Å². The number of hydrogen-bond donors (Lipinski definition) is 2. The lowest BCUT2D eigenvalue weighted by atomic mass is 10.0. The van der Waals surface area contributed by atoms with Crippen LogP contribution in [0.15, 0.2) is 60.7 Å². The van der Waals surface area contributed by atoms with E-state index in [4.69, 9.17) is 10.5 Å². The Morgan fingerprint density at radius 2 is 0.800 bits per heavy atom. The smallest absolute Gasteiger partial charge is 0.0219 e. The van der Waals surface area contributed by atoms with Crippen molar-refractivity contribution in [1.82, 2.24) is 0 Å². The Bertz CT molecular complexity index is 378. The van der Waals surface area contributed by atoms with Gasteiger partial charge in [-0.3, -0.25) is 10.5 Å². The van der Waals surface area contributed by atoms with Crippen LogP contribution in [0.2, 0.25) is 0 Å². The fraction of sp³-hybridized carbons (Fsp3) is 0.333. The molecule has 2 aromatic carbocycles. The van der Waals surface area contributed by atoms with Crippen LogP contribution in [0.3, 0.4) is 0 Å². The molecule has 2 aromatic rings. The highest BCUT2D eigenvalue weighted by Crippen LogP contribution is 2.12. The summed E-state index contributed by atoms with van der Waals surface area (Å²) in [6.45, 7) is 8.81. The van der Waals surface area contributed by atoms with Gasteiger partial charge < -0.3 is 0 Å². The van der Waals surface area contributed by atoms with Crippen molar-refractivity contribution in [2.24, 2.45) is 0 Å². The lowest BCUT2D eigenvalue weighted by Crippen LogP contribution is -1.83. The lowest BCUT2D eigenvalue weighted by molar-refractivity contribution is -0.176. The minimum Gasteiger partial charge on any atom is -0.255 e. The maximum atomic E-state index is 6.00. The number of hydrogen-bond acceptors (Lipinski definition) is 2. The first-order valence-electron chi connectivity index (χ1n) is 6.91. The Morgan fingerprint density at radius 1 is 0.550 bits per heavy atom. The minimum absolute atomic E-state index is 0.659. The monoisotopic (exact) mass is 274 g/mol. The summed E-state index contributed by atoms with van der Waals surface area (Å²) in [7, 11) is 0. The third-order valence-corrected chi connectivity index (χ3v) is 2.93. The molecule has 110 valence electrons. The van der Waals surface area contributed by atoms with Crippen LogP contribution in [-0.2, 0) is 0 Å². The van der Waals surface area contributed by atoms with Gasteiger partial charge in [-0.1, -0.05) is 88.4 Å². The molecule has 0 aromatic heterocycles. The molecule has 0 spiro atoms. The van der Waals surface area contributed by atoms with Crippen LogP contribution < -0.4 is 0 Å². The van der Waals surface area contributed by atoms with Crippen molar-refractivity contribution in [3.05, 3.63) is 71.8 Å². The third kappa shape index (κ3) is 7.72. The molecule has 0 aliphatic heterocycles. The van der Waals surface area contributed by atoms with Gasteiger partial charge >= 0.3 is 0 Å². The molecule has 0 heterocycles. The molecule has 2 nitrogen and oxygen atoms in total. The zero-order chi connectivity index (χ0) is 15.4. The summed E-state index contributed by atoms with van der Waals surface area (Å²) in [4.78, 5) is 0. The standard InChI is InChI=1S/2C9H12.H2O2/c2*1-8(2)9-6-4-3-5-7-9;1-2/h2*3-8H,1-2H3;1-2H. The molecule has 0 saturated carbocycles. The molecular formula is C18H26O2. The first-order valence-corrected chi connectivity index (χ1v) is 6.91. The van der Waals surface area contributed by atoms with Crippen LogP contribution in [-0.4, -0.2) is 10.5 Å². The Kier molecular flexibility index (Phi) is 10.3. The maximum absolute atomic E-state index is 6.00. The van der Waals surface area contributed by atoms with E-state index in [1.807, 2.05) is 12.1 Å². The SMILES string of the molecule is CC(C)c1ccccc1.CC(C)c1ccccc1.OO. The Labute approximate surface area is 122 Å². The van der Waals surface area contributed by atoms with Gasteiger partial charge in [-0.05, 0) is 23.0 Å². The molecule has 0 saturated heterocycles. The summed E-state index contributed by atoms with van der Waals surface area (Å²) >= 11 is 0. The minimum atomic E-state index is 0.659. The zero-order valence-electron chi connectivity index (χ0n) is 12.8. The maximum Gasteiger partial charge on any atom is -0.0219 e. The quantitative estimate of drug-likeness (QED) is 0.549. The van der Waals surface area contributed by atoms with Crippen molar-refractivity contribution >= 4 is 0 Å². The summed E-state index contributed by atoms with van der Waals surface area (Å²) in [6.07, 6.45) is 0. The molecule has 20 heavy (non-hydrogen) atoms. The Morgan fingerprint density at radius 3 is 0.950 bits per heavy atom. The normalized spacial score (nSPS) is 9.40. The summed E-state index contributed by atoms with van der Waals surface area (Å²) in [5, 5.41) is 12.0. The predicted octanol–water partition coefficient (Wildman–Crippen LogP) is 5.64. The first kappa shape index (κ1) is 18.4. The average Bonchev–Trinajstić information content (AvgIpc) is 2.51. The Hall–Kier alpha value is -1.64. The highest BCUT2D eigenvalue weighted by atomic mass is 17.0. The van der Waals surface area contributed by atoms with Gasteiger partial charge in [0.05, 0.1) is 0 Å². The van der Waals surface area contributed by atoms with E-state index in [-0.39, 0.29) is 0 Å². The van der Waals surface area contributed by atoms with E-state index < -0.39 is 0 Å². The van der Waals surface area contributed by atoms with E-state index in [0.717, 1.165) is 0 Å². The van der Waals surface area contributed by atoms with Crippen LogP contribution in [0.25, 0.3) is 0 Å². The van der Waals surface area contributed by atoms with Crippen molar-refractivity contribution < 1.29 is 10.5 Å². The van der Waals surface area contributed by atoms with Gasteiger partial charge in [0.15, 0.2) is 0 Å². The van der Waals surface area contributed by atoms with E-state index in [9.17, 15) is 0 Å². The van der Waals surface area contributed by atoms with Crippen molar-refractivity contribution in [2.75, 3.05) is 0 Å². The Balaban J connectivity index is 0.000000321. The van der Waals surface area contributed by atoms with Gasteiger partial charge in [0.2, 0.25) is 0 Å². The van der Waals surface area contributed by atoms with Gasteiger partial charge in [-0.25, -0.2) is 0 Å². The van der Waals surface area contributed by atoms with Gasteiger partial charge in [0.25, 0.3) is 0 Å². The van der Waals surface area contributed by atoms with E-state index in [2.05, 4.69) is 76.2 Å². The summed E-state index contributed by atoms with van der Waals surface area (Å²) in [5.74, 6) is 1.32. The molecular weight excluding hydrogens is 248 g/mol. The average molecular weight is 274 g/mol. The fourth-order valence-electron chi connectivity index (χ4n) is 1.68. The topological polar surface area (TPSA) is 40.5 Å². The van der Waals surface area contributed by atoms with Gasteiger partial charge in [-0.15, -0.1) is 0 Å². The summed E-state index contributed by atoms with van der Waals surface area (Å²) < 4.78 is 0. The highest BCUT2D eigenvalue weighted by molar-refractivity contribution is 5.18. The van der Waals surface area contributed by atoms with Crippen LogP contribution in [0.4, 0.5) is 0 Å². The van der Waals surface area contributed by atoms with Crippen LogP contribution >= 0.6 is 0 Å². The fourth-order valence-corrected chi connectivity index (χ4v) is 1.68. The second-order valence-electron chi connectivity index (χ2n) is 5.13. The van der Waals surface area contributed by atoms with Gasteiger partial charge in [-0.2, -0.15) is 0 Å². The molecule has 2 N–H and O–H groups in total. The van der Waals surface area contributed by atoms with Crippen LogP contribution in [0, 0.1) is 0 Å². The van der Waals surface area contributed by atoms with Crippen LogP contribution in [0.1, 0.15) is 50.7 Å². The van der Waals surface area contributed by atoms with Crippen molar-refractivity contribution in [3.63, 3.8) is 0 Å².